The number of unbranched alkanes of at least 4 members (excludes halogenated alkanes) is 6. The van der Waals surface area contributed by atoms with Crippen molar-refractivity contribution in [2.75, 3.05) is 26.0 Å². The summed E-state index contributed by atoms with van der Waals surface area (Å²) < 4.78 is 0. The van der Waals surface area contributed by atoms with Crippen molar-refractivity contribution in [3.05, 3.63) is 59.9 Å². The Labute approximate surface area is 241 Å². The smallest absolute Gasteiger partial charge is 0.157 e. The van der Waals surface area contributed by atoms with Crippen molar-refractivity contribution >= 4 is 33.4 Å². The molecule has 0 fully saturated rings. The van der Waals surface area contributed by atoms with E-state index in [9.17, 15) is 0 Å². The van der Waals surface area contributed by atoms with Crippen LogP contribution in [0.1, 0.15) is 102 Å². The van der Waals surface area contributed by atoms with Gasteiger partial charge >= 0.3 is 0 Å². The van der Waals surface area contributed by atoms with Crippen LogP contribution in [0.3, 0.4) is 0 Å². The number of rotatable bonds is 15. The maximum atomic E-state index is 5.12. The van der Waals surface area contributed by atoms with Gasteiger partial charge in [0.2, 0.25) is 0 Å². The summed E-state index contributed by atoms with van der Waals surface area (Å²) in [6, 6.07) is 16.7. The third-order valence-corrected chi connectivity index (χ3v) is 7.55. The Morgan fingerprint density at radius 3 is 2.27 bits per heavy atom. The van der Waals surface area contributed by atoms with E-state index in [1.54, 1.807) is 0 Å². The molecule has 4 aromatic rings. The summed E-state index contributed by atoms with van der Waals surface area (Å²) in [6.07, 6.45) is 13.3. The Hall–Kier alpha value is -3.36. The maximum absolute atomic E-state index is 5.12. The minimum atomic E-state index is 0.444. The van der Waals surface area contributed by atoms with Crippen molar-refractivity contribution in [2.45, 2.75) is 90.4 Å². The van der Waals surface area contributed by atoms with E-state index in [0.29, 0.717) is 5.92 Å². The van der Waals surface area contributed by atoms with Gasteiger partial charge in [-0.1, -0.05) is 82.4 Å². The first-order valence-electron chi connectivity index (χ1n) is 15.4. The maximum Gasteiger partial charge on any atom is 0.157 e. The zero-order chi connectivity index (χ0) is 28.2. The molecule has 2 heterocycles. The molecular weight excluding hydrogens is 490 g/mol. The molecule has 0 saturated heterocycles. The fourth-order valence-electron chi connectivity index (χ4n) is 5.39. The second-order valence-corrected chi connectivity index (χ2v) is 11.3. The van der Waals surface area contributed by atoms with Gasteiger partial charge in [-0.25, -0.2) is 9.97 Å². The average Bonchev–Trinajstić information content (AvgIpc) is 3.41. The van der Waals surface area contributed by atoms with E-state index < -0.39 is 0 Å². The van der Waals surface area contributed by atoms with Crippen molar-refractivity contribution in [2.24, 2.45) is 0 Å². The van der Waals surface area contributed by atoms with E-state index in [1.807, 2.05) is 6.07 Å². The number of aromatic amines is 1. The number of imidazole rings is 1. The predicted octanol–water partition coefficient (Wildman–Crippen LogP) is 9.18. The molecule has 212 valence electrons. The highest BCUT2D eigenvalue weighted by Crippen LogP contribution is 2.33. The molecule has 0 atom stereocenters. The van der Waals surface area contributed by atoms with Crippen LogP contribution in [0.4, 0.5) is 11.5 Å². The van der Waals surface area contributed by atoms with Crippen LogP contribution in [0.25, 0.3) is 21.9 Å². The van der Waals surface area contributed by atoms with E-state index in [2.05, 4.69) is 97.4 Å². The number of fused-ring (bicyclic) bond motifs is 3. The minimum absolute atomic E-state index is 0.444. The molecule has 2 N–H and O–H groups in total. The minimum Gasteiger partial charge on any atom is -0.339 e. The number of nitrogens with one attached hydrogen (secondary N) is 2. The largest absolute Gasteiger partial charge is 0.339 e. The lowest BCUT2D eigenvalue weighted by Crippen LogP contribution is -2.12. The summed E-state index contributed by atoms with van der Waals surface area (Å²) in [5.41, 5.74) is 4.98. The summed E-state index contributed by atoms with van der Waals surface area (Å²) >= 11 is 0. The number of aromatic nitrogens is 3. The normalized spacial score (nSPS) is 11.4. The van der Waals surface area contributed by atoms with Crippen LogP contribution in [0.15, 0.2) is 48.5 Å². The van der Waals surface area contributed by atoms with Crippen molar-refractivity contribution in [1.82, 2.24) is 19.9 Å². The molecule has 0 saturated carbocycles. The van der Waals surface area contributed by atoms with Crippen LogP contribution in [0.5, 0.6) is 0 Å². The quantitative estimate of drug-likeness (QED) is 0.117. The fraction of sp³-hybridized carbons (Fsp3) is 0.486. The van der Waals surface area contributed by atoms with Gasteiger partial charge in [-0.3, -0.25) is 0 Å². The van der Waals surface area contributed by atoms with Gasteiger partial charge in [0.1, 0.15) is 16.9 Å². The zero-order valence-electron chi connectivity index (χ0n) is 25.0. The SMILES string of the molecule is CCCC(CCC)c1nc2c([nH]1)c(Nc1ccc(C#CCCCCCCCCN(C)C)cc1)nc1ccccc12. The van der Waals surface area contributed by atoms with E-state index in [4.69, 9.17) is 9.97 Å². The molecule has 0 spiro atoms. The average molecular weight is 538 g/mol. The molecule has 0 amide bonds. The number of benzene rings is 2. The van der Waals surface area contributed by atoms with Gasteiger partial charge in [0, 0.05) is 29.0 Å². The standard InChI is InChI=1S/C35H47N5/c1-5-17-28(18-6-2)34-38-32-30-20-14-15-21-31(30)37-35(33(32)39-34)36-29-24-22-27(23-25-29)19-13-11-9-7-8-10-12-16-26-40(3)4/h14-15,20-25,28H,5-12,16-18,26H2,1-4H3,(H,36,37)(H,38,39). The molecule has 0 radical (unpaired) electrons. The van der Waals surface area contributed by atoms with Crippen molar-refractivity contribution in [3.63, 3.8) is 0 Å². The molecule has 0 aliphatic rings. The first-order valence-corrected chi connectivity index (χ1v) is 15.4. The number of hydrogen-bond donors (Lipinski definition) is 2. The molecule has 0 aliphatic carbocycles. The molecular formula is C35H47N5. The molecule has 2 aromatic carbocycles. The molecule has 2 aromatic heterocycles. The lowest BCUT2D eigenvalue weighted by atomic mass is 9.98. The van der Waals surface area contributed by atoms with Gasteiger partial charge in [-0.05, 0) is 76.7 Å². The number of para-hydroxylation sites is 1. The third kappa shape index (κ3) is 8.32. The molecule has 5 heteroatoms. The first-order chi connectivity index (χ1) is 19.6. The van der Waals surface area contributed by atoms with Gasteiger partial charge in [0.25, 0.3) is 0 Å². The van der Waals surface area contributed by atoms with Crippen LogP contribution < -0.4 is 5.32 Å². The Balaban J connectivity index is 1.40. The summed E-state index contributed by atoms with van der Waals surface area (Å²) in [7, 11) is 4.30. The molecule has 40 heavy (non-hydrogen) atoms. The van der Waals surface area contributed by atoms with Crippen molar-refractivity contribution < 1.29 is 0 Å². The van der Waals surface area contributed by atoms with E-state index >= 15 is 0 Å². The zero-order valence-corrected chi connectivity index (χ0v) is 25.0. The number of anilines is 2. The van der Waals surface area contributed by atoms with Gasteiger partial charge in [-0.2, -0.15) is 0 Å². The van der Waals surface area contributed by atoms with Gasteiger partial charge < -0.3 is 15.2 Å². The highest BCUT2D eigenvalue weighted by molar-refractivity contribution is 6.07. The Bertz CT molecular complexity index is 1380. The Morgan fingerprint density at radius 1 is 0.850 bits per heavy atom. The van der Waals surface area contributed by atoms with Crippen molar-refractivity contribution in [3.8, 4) is 11.8 Å². The Kier molecular flexibility index (Phi) is 11.4. The third-order valence-electron chi connectivity index (χ3n) is 7.55. The molecule has 5 nitrogen and oxygen atoms in total. The monoisotopic (exact) mass is 537 g/mol. The van der Waals surface area contributed by atoms with Gasteiger partial charge in [0.15, 0.2) is 5.82 Å². The number of nitrogens with zero attached hydrogens (tertiary/aromatic N) is 3. The fourth-order valence-corrected chi connectivity index (χ4v) is 5.39. The first kappa shape index (κ1) is 29.6. The second kappa shape index (κ2) is 15.4. The lowest BCUT2D eigenvalue weighted by Gasteiger charge is -2.11. The van der Waals surface area contributed by atoms with E-state index in [0.717, 1.165) is 76.9 Å². The Morgan fingerprint density at radius 2 is 1.55 bits per heavy atom. The van der Waals surface area contributed by atoms with Gasteiger partial charge in [-0.15, -0.1) is 0 Å². The summed E-state index contributed by atoms with van der Waals surface area (Å²) in [5.74, 6) is 9.04. The van der Waals surface area contributed by atoms with E-state index in [1.165, 1.54) is 45.1 Å². The topological polar surface area (TPSA) is 56.8 Å². The summed E-state index contributed by atoms with van der Waals surface area (Å²) in [5, 5.41) is 4.65. The summed E-state index contributed by atoms with van der Waals surface area (Å²) in [4.78, 5) is 16.0. The van der Waals surface area contributed by atoms with Crippen molar-refractivity contribution in [1.29, 1.82) is 0 Å². The summed E-state index contributed by atoms with van der Waals surface area (Å²) in [6.45, 7) is 5.70. The van der Waals surface area contributed by atoms with Crippen LogP contribution in [-0.4, -0.2) is 40.5 Å². The van der Waals surface area contributed by atoms with Crippen LogP contribution in [0, 0.1) is 11.8 Å². The second-order valence-electron chi connectivity index (χ2n) is 11.3. The molecule has 4 rings (SSSR count). The van der Waals surface area contributed by atoms with Crippen LogP contribution in [-0.2, 0) is 0 Å². The molecule has 0 unspecified atom stereocenters. The lowest BCUT2D eigenvalue weighted by molar-refractivity contribution is 0.389. The number of H-pyrrole nitrogens is 1. The van der Waals surface area contributed by atoms with E-state index in [-0.39, 0.29) is 0 Å². The number of hydrogen-bond acceptors (Lipinski definition) is 4. The highest BCUT2D eigenvalue weighted by Gasteiger charge is 2.18. The van der Waals surface area contributed by atoms with Gasteiger partial charge in [0.05, 0.1) is 5.52 Å². The highest BCUT2D eigenvalue weighted by atomic mass is 15.1. The predicted molar refractivity (Wildman–Crippen MR) is 171 cm³/mol. The molecule has 0 bridgehead atoms. The number of pyridine rings is 1. The molecule has 0 aliphatic heterocycles. The van der Waals surface area contributed by atoms with Crippen LogP contribution in [0.2, 0.25) is 0 Å². The van der Waals surface area contributed by atoms with Crippen LogP contribution >= 0.6 is 0 Å².